The molecule has 0 spiro atoms. The number of amides is 2. The summed E-state index contributed by atoms with van der Waals surface area (Å²) in [5.41, 5.74) is 2.03. The van der Waals surface area contributed by atoms with Crippen molar-refractivity contribution in [3.8, 4) is 0 Å². The average Bonchev–Trinajstić information content (AvgIpc) is 2.54. The smallest absolute Gasteiger partial charge is 0.309 e. The third kappa shape index (κ3) is 5.87. The maximum Gasteiger partial charge on any atom is 0.309 e. The van der Waals surface area contributed by atoms with Crippen molar-refractivity contribution in [1.82, 2.24) is 10.6 Å². The van der Waals surface area contributed by atoms with Gasteiger partial charge in [-0.15, -0.1) is 0 Å². The molecule has 1 fully saturated rings. The van der Waals surface area contributed by atoms with Crippen molar-refractivity contribution in [2.45, 2.75) is 52.0 Å². The number of hydrogen-bond acceptors (Lipinski definition) is 3. The van der Waals surface area contributed by atoms with Gasteiger partial charge in [0, 0.05) is 30.9 Å². The Hall–Kier alpha value is -2.04. The number of carbonyl (C=O) groups is 2. The van der Waals surface area contributed by atoms with Crippen molar-refractivity contribution < 1.29 is 9.59 Å². The van der Waals surface area contributed by atoms with Crippen molar-refractivity contribution in [1.29, 1.82) is 0 Å². The lowest BCUT2D eigenvalue weighted by atomic mass is 10.1. The van der Waals surface area contributed by atoms with Crippen LogP contribution in [0.15, 0.2) is 24.3 Å². The van der Waals surface area contributed by atoms with Crippen LogP contribution < -0.4 is 15.5 Å². The second-order valence-corrected chi connectivity index (χ2v) is 7.42. The van der Waals surface area contributed by atoms with Gasteiger partial charge in [0.1, 0.15) is 0 Å². The maximum atomic E-state index is 11.7. The summed E-state index contributed by atoms with van der Waals surface area (Å²) < 4.78 is 0. The van der Waals surface area contributed by atoms with Crippen LogP contribution in [0, 0.1) is 0 Å². The van der Waals surface area contributed by atoms with E-state index in [1.54, 1.807) is 0 Å². The zero-order chi connectivity index (χ0) is 17.6. The Morgan fingerprint density at radius 2 is 1.62 bits per heavy atom. The molecule has 0 atom stereocenters. The summed E-state index contributed by atoms with van der Waals surface area (Å²) in [5, 5.41) is 5.32. The summed E-state index contributed by atoms with van der Waals surface area (Å²) in [7, 11) is 0. The fraction of sp³-hybridized carbons (Fsp3) is 0.579. The Morgan fingerprint density at radius 3 is 2.21 bits per heavy atom. The third-order valence-electron chi connectivity index (χ3n) is 4.05. The molecule has 24 heavy (non-hydrogen) atoms. The van der Waals surface area contributed by atoms with Gasteiger partial charge < -0.3 is 15.5 Å². The van der Waals surface area contributed by atoms with Crippen molar-refractivity contribution in [3.63, 3.8) is 0 Å². The number of nitrogens with zero attached hydrogens (tertiary/aromatic N) is 1. The number of nitrogens with one attached hydrogen (secondary N) is 2. The molecule has 132 valence electrons. The van der Waals surface area contributed by atoms with E-state index in [0.717, 1.165) is 25.1 Å². The Bertz CT molecular complexity index is 555. The van der Waals surface area contributed by atoms with E-state index >= 15 is 0 Å². The van der Waals surface area contributed by atoms with Gasteiger partial charge in [0.15, 0.2) is 0 Å². The van der Waals surface area contributed by atoms with Gasteiger partial charge in [-0.1, -0.05) is 12.1 Å². The fourth-order valence-electron chi connectivity index (χ4n) is 2.82. The summed E-state index contributed by atoms with van der Waals surface area (Å²) in [6, 6.07) is 8.50. The van der Waals surface area contributed by atoms with Gasteiger partial charge in [-0.3, -0.25) is 9.59 Å². The van der Waals surface area contributed by atoms with E-state index in [-0.39, 0.29) is 0 Å². The van der Waals surface area contributed by atoms with Gasteiger partial charge in [0.05, 0.1) is 0 Å². The predicted molar refractivity (Wildman–Crippen MR) is 97.1 cm³/mol. The number of hydrogen-bond donors (Lipinski definition) is 2. The molecule has 5 nitrogen and oxygen atoms in total. The molecule has 1 saturated heterocycles. The lowest BCUT2D eigenvalue weighted by Gasteiger charge is -2.28. The minimum Gasteiger partial charge on any atom is -0.372 e. The zero-order valence-electron chi connectivity index (χ0n) is 15.0. The van der Waals surface area contributed by atoms with Crippen LogP contribution in [0.25, 0.3) is 0 Å². The standard InChI is InChI=1S/C19H29N3O2/c1-19(2,3)21-18(24)17(23)20-12-11-15-7-9-16(10-8-15)22-13-5-4-6-14-22/h7-10H,4-6,11-14H2,1-3H3,(H,20,23)(H,21,24). The molecule has 2 amide bonds. The van der Waals surface area contributed by atoms with Gasteiger partial charge in [0.25, 0.3) is 0 Å². The molecule has 1 aromatic carbocycles. The Balaban J connectivity index is 1.76. The molecule has 5 heteroatoms. The summed E-state index contributed by atoms with van der Waals surface area (Å²) in [5.74, 6) is -1.15. The van der Waals surface area contributed by atoms with E-state index in [0.29, 0.717) is 6.54 Å². The van der Waals surface area contributed by atoms with E-state index in [1.807, 2.05) is 20.8 Å². The molecule has 2 rings (SSSR count). The van der Waals surface area contributed by atoms with Gasteiger partial charge in [-0.05, 0) is 64.2 Å². The first-order valence-electron chi connectivity index (χ1n) is 8.79. The lowest BCUT2D eigenvalue weighted by Crippen LogP contribution is -2.48. The highest BCUT2D eigenvalue weighted by atomic mass is 16.2. The molecular formula is C19H29N3O2. The van der Waals surface area contributed by atoms with Crippen molar-refractivity contribution in [2.24, 2.45) is 0 Å². The van der Waals surface area contributed by atoms with Crippen LogP contribution >= 0.6 is 0 Å². The number of anilines is 1. The normalized spacial score (nSPS) is 15.0. The van der Waals surface area contributed by atoms with Gasteiger partial charge in [-0.2, -0.15) is 0 Å². The van der Waals surface area contributed by atoms with Crippen LogP contribution in [0.5, 0.6) is 0 Å². The lowest BCUT2D eigenvalue weighted by molar-refractivity contribution is -0.140. The van der Waals surface area contributed by atoms with E-state index < -0.39 is 17.4 Å². The maximum absolute atomic E-state index is 11.7. The molecular weight excluding hydrogens is 302 g/mol. The van der Waals surface area contributed by atoms with E-state index in [1.165, 1.54) is 24.9 Å². The third-order valence-corrected chi connectivity index (χ3v) is 4.05. The fourth-order valence-corrected chi connectivity index (χ4v) is 2.82. The molecule has 2 N–H and O–H groups in total. The highest BCUT2D eigenvalue weighted by Crippen LogP contribution is 2.20. The van der Waals surface area contributed by atoms with E-state index in [4.69, 9.17) is 0 Å². The molecule has 1 heterocycles. The van der Waals surface area contributed by atoms with Crippen LogP contribution in [-0.4, -0.2) is 37.0 Å². The van der Waals surface area contributed by atoms with Gasteiger partial charge in [0.2, 0.25) is 0 Å². The molecule has 0 radical (unpaired) electrons. The minimum atomic E-state index is -0.581. The molecule has 1 aliphatic heterocycles. The number of benzene rings is 1. The SMILES string of the molecule is CC(C)(C)NC(=O)C(=O)NCCc1ccc(N2CCCCC2)cc1. The molecule has 0 aromatic heterocycles. The van der Waals surface area contributed by atoms with E-state index in [2.05, 4.69) is 39.8 Å². The average molecular weight is 331 g/mol. The monoisotopic (exact) mass is 331 g/mol. The Morgan fingerprint density at radius 1 is 1.00 bits per heavy atom. The zero-order valence-corrected chi connectivity index (χ0v) is 15.0. The van der Waals surface area contributed by atoms with Crippen molar-refractivity contribution >= 4 is 17.5 Å². The van der Waals surface area contributed by atoms with E-state index in [9.17, 15) is 9.59 Å². The summed E-state index contributed by atoms with van der Waals surface area (Å²) in [6.45, 7) is 8.28. The Kier molecular flexibility index (Phi) is 6.23. The van der Waals surface area contributed by atoms with Crippen molar-refractivity contribution in [2.75, 3.05) is 24.5 Å². The van der Waals surface area contributed by atoms with Crippen molar-refractivity contribution in [3.05, 3.63) is 29.8 Å². The molecule has 0 unspecified atom stereocenters. The summed E-state index contributed by atoms with van der Waals surface area (Å²) >= 11 is 0. The first kappa shape index (κ1) is 18.3. The minimum absolute atomic E-state index is 0.404. The largest absolute Gasteiger partial charge is 0.372 e. The van der Waals surface area contributed by atoms with Gasteiger partial charge >= 0.3 is 11.8 Å². The second-order valence-electron chi connectivity index (χ2n) is 7.42. The first-order valence-corrected chi connectivity index (χ1v) is 8.79. The molecule has 0 saturated carbocycles. The molecule has 0 bridgehead atoms. The number of carbonyl (C=O) groups excluding carboxylic acids is 2. The summed E-state index contributed by atoms with van der Waals surface area (Å²) in [4.78, 5) is 25.9. The molecule has 1 aromatic rings. The second kappa shape index (κ2) is 8.18. The van der Waals surface area contributed by atoms with Gasteiger partial charge in [-0.25, -0.2) is 0 Å². The number of piperidine rings is 1. The Labute approximate surface area is 144 Å². The van der Waals surface area contributed by atoms with Crippen LogP contribution in [0.4, 0.5) is 5.69 Å². The quantitative estimate of drug-likeness (QED) is 0.832. The highest BCUT2D eigenvalue weighted by molar-refractivity contribution is 6.35. The highest BCUT2D eigenvalue weighted by Gasteiger charge is 2.19. The topological polar surface area (TPSA) is 61.4 Å². The number of rotatable bonds is 4. The summed E-state index contributed by atoms with van der Waals surface area (Å²) in [6.07, 6.45) is 4.58. The van der Waals surface area contributed by atoms with Crippen LogP contribution in [0.3, 0.4) is 0 Å². The van der Waals surface area contributed by atoms with Crippen LogP contribution in [0.1, 0.15) is 45.6 Å². The van der Waals surface area contributed by atoms with Crippen LogP contribution in [0.2, 0.25) is 0 Å². The van der Waals surface area contributed by atoms with Crippen LogP contribution in [-0.2, 0) is 16.0 Å². The molecule has 1 aliphatic rings. The molecule has 0 aliphatic carbocycles. The first-order chi connectivity index (χ1) is 11.3. The predicted octanol–water partition coefficient (Wildman–Crippen LogP) is 2.25.